The zero-order valence-electron chi connectivity index (χ0n) is 9.91. The van der Waals surface area contributed by atoms with E-state index in [9.17, 15) is 4.79 Å². The first-order valence-corrected chi connectivity index (χ1v) is 6.35. The quantitative estimate of drug-likeness (QED) is 0.696. The van der Waals surface area contributed by atoms with Crippen LogP contribution in [0.4, 0.5) is 0 Å². The van der Waals surface area contributed by atoms with Crippen LogP contribution in [0.25, 0.3) is 10.1 Å². The number of rotatable bonds is 2. The lowest BCUT2D eigenvalue weighted by atomic mass is 9.88. The van der Waals surface area contributed by atoms with E-state index in [2.05, 4.69) is 26.8 Å². The highest BCUT2D eigenvalue weighted by atomic mass is 32.1. The molecule has 0 fully saturated rings. The molecular weight excluding hydrogens is 216 g/mol. The van der Waals surface area contributed by atoms with Gasteiger partial charge in [-0.1, -0.05) is 39.0 Å². The highest BCUT2D eigenvalue weighted by Crippen LogP contribution is 2.29. The predicted molar refractivity (Wildman–Crippen MR) is 70.2 cm³/mol. The molecule has 0 unspecified atom stereocenters. The van der Waals surface area contributed by atoms with Crippen molar-refractivity contribution in [1.82, 2.24) is 0 Å². The number of benzene rings is 1. The maximum atomic E-state index is 12.1. The minimum Gasteiger partial charge on any atom is -0.294 e. The Hall–Kier alpha value is -1.15. The van der Waals surface area contributed by atoms with E-state index in [0.717, 1.165) is 10.9 Å². The molecule has 2 rings (SSSR count). The van der Waals surface area contributed by atoms with Crippen LogP contribution >= 0.6 is 11.3 Å². The molecule has 0 aliphatic heterocycles. The van der Waals surface area contributed by atoms with Gasteiger partial charge in [0.2, 0.25) is 0 Å². The summed E-state index contributed by atoms with van der Waals surface area (Å²) in [4.78, 5) is 12.1. The average Bonchev–Trinajstić information content (AvgIpc) is 2.58. The van der Waals surface area contributed by atoms with Gasteiger partial charge in [0.1, 0.15) is 0 Å². The zero-order chi connectivity index (χ0) is 11.8. The minimum absolute atomic E-state index is 0.0557. The van der Waals surface area contributed by atoms with Crippen LogP contribution in [0, 0.1) is 5.41 Å². The number of Topliss-reactive ketones (excluding diaryl/α,β-unsaturated/α-hetero) is 1. The van der Waals surface area contributed by atoms with Crippen molar-refractivity contribution in [2.45, 2.75) is 27.2 Å². The molecule has 16 heavy (non-hydrogen) atoms. The Bertz CT molecular complexity index is 517. The Labute approximate surface area is 100 Å². The molecule has 84 valence electrons. The first-order valence-electron chi connectivity index (χ1n) is 5.47. The van der Waals surface area contributed by atoms with Gasteiger partial charge in [-0.2, -0.15) is 0 Å². The van der Waals surface area contributed by atoms with Crippen molar-refractivity contribution >= 4 is 27.2 Å². The lowest BCUT2D eigenvalue weighted by Gasteiger charge is -2.16. The number of thiophene rings is 1. The second kappa shape index (κ2) is 4.02. The normalized spacial score (nSPS) is 11.9. The summed E-state index contributed by atoms with van der Waals surface area (Å²) >= 11 is 1.65. The first-order chi connectivity index (χ1) is 7.47. The molecular formula is C14H16OS. The van der Waals surface area contributed by atoms with E-state index in [0.29, 0.717) is 6.42 Å². The van der Waals surface area contributed by atoms with Crippen LogP contribution in [0.5, 0.6) is 0 Å². The fourth-order valence-electron chi connectivity index (χ4n) is 1.77. The van der Waals surface area contributed by atoms with Gasteiger partial charge in [-0.05, 0) is 11.5 Å². The summed E-state index contributed by atoms with van der Waals surface area (Å²) in [6, 6.07) is 8.09. The fourth-order valence-corrected chi connectivity index (χ4v) is 2.74. The van der Waals surface area contributed by atoms with E-state index in [4.69, 9.17) is 0 Å². The van der Waals surface area contributed by atoms with Crippen LogP contribution in [0.3, 0.4) is 0 Å². The molecule has 0 aliphatic rings. The standard InChI is InChI=1S/C14H16OS/c1-14(2,3)8-12(15)11-9-16-13-7-5-4-6-10(11)13/h4-7,9H,8H2,1-3H3. The van der Waals surface area contributed by atoms with Crippen molar-refractivity contribution in [2.24, 2.45) is 5.41 Å². The van der Waals surface area contributed by atoms with Gasteiger partial charge in [0, 0.05) is 27.5 Å². The Morgan fingerprint density at radius 1 is 1.25 bits per heavy atom. The van der Waals surface area contributed by atoms with Gasteiger partial charge in [0.15, 0.2) is 5.78 Å². The van der Waals surface area contributed by atoms with E-state index in [1.165, 1.54) is 4.70 Å². The van der Waals surface area contributed by atoms with Crippen LogP contribution in [0.15, 0.2) is 29.6 Å². The number of carbonyl (C=O) groups is 1. The number of ketones is 1. The van der Waals surface area contributed by atoms with Crippen molar-refractivity contribution in [1.29, 1.82) is 0 Å². The molecule has 1 aromatic carbocycles. The summed E-state index contributed by atoms with van der Waals surface area (Å²) in [6.07, 6.45) is 0.605. The van der Waals surface area contributed by atoms with Gasteiger partial charge < -0.3 is 0 Å². The van der Waals surface area contributed by atoms with Crippen molar-refractivity contribution < 1.29 is 4.79 Å². The van der Waals surface area contributed by atoms with Crippen molar-refractivity contribution in [2.75, 3.05) is 0 Å². The van der Waals surface area contributed by atoms with E-state index in [1.54, 1.807) is 11.3 Å². The Morgan fingerprint density at radius 3 is 2.62 bits per heavy atom. The number of carbonyl (C=O) groups excluding carboxylic acids is 1. The first kappa shape index (κ1) is 11.3. The van der Waals surface area contributed by atoms with Gasteiger partial charge in [-0.15, -0.1) is 11.3 Å². The summed E-state index contributed by atoms with van der Waals surface area (Å²) in [5.74, 6) is 0.255. The number of fused-ring (bicyclic) bond motifs is 1. The average molecular weight is 232 g/mol. The molecule has 0 N–H and O–H groups in total. The topological polar surface area (TPSA) is 17.1 Å². The van der Waals surface area contributed by atoms with Gasteiger partial charge in [-0.3, -0.25) is 4.79 Å². The van der Waals surface area contributed by atoms with Crippen LogP contribution in [-0.4, -0.2) is 5.78 Å². The smallest absolute Gasteiger partial charge is 0.164 e. The third-order valence-electron chi connectivity index (χ3n) is 2.47. The van der Waals surface area contributed by atoms with Crippen molar-refractivity contribution in [3.8, 4) is 0 Å². The molecule has 1 heterocycles. The lowest BCUT2D eigenvalue weighted by Crippen LogP contribution is -2.12. The molecule has 0 atom stereocenters. The molecule has 0 spiro atoms. The Kier molecular flexibility index (Phi) is 2.85. The molecule has 0 aliphatic carbocycles. The molecule has 0 amide bonds. The highest BCUT2D eigenvalue weighted by Gasteiger charge is 2.19. The van der Waals surface area contributed by atoms with E-state index in [1.807, 2.05) is 23.6 Å². The lowest BCUT2D eigenvalue weighted by molar-refractivity contribution is 0.0942. The third-order valence-corrected chi connectivity index (χ3v) is 3.44. The summed E-state index contributed by atoms with van der Waals surface area (Å²) in [6.45, 7) is 6.29. The number of hydrogen-bond acceptors (Lipinski definition) is 2. The van der Waals surface area contributed by atoms with Crippen LogP contribution in [-0.2, 0) is 0 Å². The Balaban J connectivity index is 2.37. The molecule has 2 aromatic rings. The van der Waals surface area contributed by atoms with E-state index >= 15 is 0 Å². The zero-order valence-corrected chi connectivity index (χ0v) is 10.7. The number of hydrogen-bond donors (Lipinski definition) is 0. The fraction of sp³-hybridized carbons (Fsp3) is 0.357. The summed E-state index contributed by atoms with van der Waals surface area (Å²) in [5, 5.41) is 3.08. The van der Waals surface area contributed by atoms with Crippen molar-refractivity contribution in [3.63, 3.8) is 0 Å². The maximum Gasteiger partial charge on any atom is 0.164 e. The summed E-state index contributed by atoms with van der Waals surface area (Å²) < 4.78 is 1.19. The maximum absolute atomic E-state index is 12.1. The molecule has 0 bridgehead atoms. The third kappa shape index (κ3) is 2.33. The SMILES string of the molecule is CC(C)(C)CC(=O)c1csc2ccccc12. The van der Waals surface area contributed by atoms with Crippen LogP contribution in [0.1, 0.15) is 37.6 Å². The van der Waals surface area contributed by atoms with Gasteiger partial charge >= 0.3 is 0 Å². The predicted octanol–water partition coefficient (Wildman–Crippen LogP) is 4.52. The molecule has 1 aromatic heterocycles. The highest BCUT2D eigenvalue weighted by molar-refractivity contribution is 7.17. The molecule has 1 nitrogen and oxygen atoms in total. The van der Waals surface area contributed by atoms with Crippen molar-refractivity contribution in [3.05, 3.63) is 35.2 Å². The second-order valence-electron chi connectivity index (χ2n) is 5.31. The van der Waals surface area contributed by atoms with Gasteiger partial charge in [-0.25, -0.2) is 0 Å². The largest absolute Gasteiger partial charge is 0.294 e. The van der Waals surface area contributed by atoms with Gasteiger partial charge in [0.05, 0.1) is 0 Å². The molecule has 0 saturated heterocycles. The van der Waals surface area contributed by atoms with Crippen LogP contribution in [0.2, 0.25) is 0 Å². The molecule has 0 saturated carbocycles. The second-order valence-corrected chi connectivity index (χ2v) is 6.22. The minimum atomic E-state index is 0.0557. The Morgan fingerprint density at radius 2 is 1.94 bits per heavy atom. The van der Waals surface area contributed by atoms with E-state index < -0.39 is 0 Å². The van der Waals surface area contributed by atoms with Gasteiger partial charge in [0.25, 0.3) is 0 Å². The summed E-state index contributed by atoms with van der Waals surface area (Å²) in [5.41, 5.74) is 0.940. The summed E-state index contributed by atoms with van der Waals surface area (Å²) in [7, 11) is 0. The monoisotopic (exact) mass is 232 g/mol. The molecule has 0 radical (unpaired) electrons. The van der Waals surface area contributed by atoms with Crippen LogP contribution < -0.4 is 0 Å². The molecule has 2 heteroatoms. The van der Waals surface area contributed by atoms with E-state index in [-0.39, 0.29) is 11.2 Å².